The number of oxazole rings is 1. The molecule has 84 valence electrons. The van der Waals surface area contributed by atoms with Gasteiger partial charge in [-0.15, -0.1) is 0 Å². The smallest absolute Gasteiger partial charge is 0.230 e. The van der Waals surface area contributed by atoms with Crippen LogP contribution in [0, 0.1) is 6.92 Å². The predicted octanol–water partition coefficient (Wildman–Crippen LogP) is 3.51. The van der Waals surface area contributed by atoms with Crippen molar-refractivity contribution in [2.24, 2.45) is 0 Å². The third-order valence-corrected chi connectivity index (χ3v) is 2.74. The molecule has 0 aliphatic rings. The fourth-order valence-corrected chi connectivity index (χ4v) is 1.96. The van der Waals surface area contributed by atoms with Crippen LogP contribution < -0.4 is 0 Å². The molecule has 1 aromatic heterocycles. The maximum atomic E-state index is 9.97. The first-order valence-electron chi connectivity index (χ1n) is 5.39. The second-order valence-corrected chi connectivity index (χ2v) is 3.96. The fourth-order valence-electron chi connectivity index (χ4n) is 1.96. The molecular weight excluding hydrogens is 214 g/mol. The third kappa shape index (κ3) is 1.56. The zero-order chi connectivity index (χ0) is 11.8. The summed E-state index contributed by atoms with van der Waals surface area (Å²) >= 11 is 0. The van der Waals surface area contributed by atoms with Crippen molar-refractivity contribution < 1.29 is 9.52 Å². The van der Waals surface area contributed by atoms with Crippen LogP contribution in [-0.4, -0.2) is 10.1 Å². The van der Waals surface area contributed by atoms with E-state index in [1.54, 1.807) is 12.3 Å². The number of nitrogens with zero attached hydrogens (tertiary/aromatic N) is 1. The highest BCUT2D eigenvalue weighted by molar-refractivity contribution is 5.97. The molecule has 0 saturated heterocycles. The highest BCUT2D eigenvalue weighted by atomic mass is 16.4. The maximum Gasteiger partial charge on any atom is 0.230 e. The summed E-state index contributed by atoms with van der Waals surface area (Å²) < 4.78 is 5.49. The quantitative estimate of drug-likeness (QED) is 0.689. The minimum absolute atomic E-state index is 0.186. The number of hydrogen-bond donors (Lipinski definition) is 1. The highest BCUT2D eigenvalue weighted by Crippen LogP contribution is 2.35. The Hall–Kier alpha value is -2.29. The van der Waals surface area contributed by atoms with Gasteiger partial charge in [-0.2, -0.15) is 0 Å². The Labute approximate surface area is 98.3 Å². The first-order chi connectivity index (χ1) is 8.25. The van der Waals surface area contributed by atoms with Crippen molar-refractivity contribution in [1.29, 1.82) is 0 Å². The lowest BCUT2D eigenvalue weighted by Gasteiger charge is -2.05. The van der Waals surface area contributed by atoms with Gasteiger partial charge in [0.15, 0.2) is 0 Å². The van der Waals surface area contributed by atoms with E-state index in [4.69, 9.17) is 4.42 Å². The average molecular weight is 225 g/mol. The molecule has 0 atom stereocenters. The normalized spacial score (nSPS) is 10.9. The molecule has 2 aromatic carbocycles. The molecule has 3 aromatic rings. The molecule has 0 radical (unpaired) electrons. The molecule has 17 heavy (non-hydrogen) atoms. The summed E-state index contributed by atoms with van der Waals surface area (Å²) in [7, 11) is 0. The van der Waals surface area contributed by atoms with Crippen molar-refractivity contribution in [3.05, 3.63) is 48.4 Å². The molecule has 0 amide bonds. The molecule has 3 rings (SSSR count). The Morgan fingerprint density at radius 3 is 2.71 bits per heavy atom. The van der Waals surface area contributed by atoms with Gasteiger partial charge < -0.3 is 9.52 Å². The standard InChI is InChI=1S/C14H11NO2/c1-9-8-15-14(17-9)13-11-5-3-2-4-10(11)6-7-12(13)16/h2-8,16H,1H3. The lowest BCUT2D eigenvalue weighted by Crippen LogP contribution is -1.82. The van der Waals surface area contributed by atoms with Gasteiger partial charge in [0.2, 0.25) is 5.89 Å². The minimum Gasteiger partial charge on any atom is -0.507 e. The van der Waals surface area contributed by atoms with Crippen LogP contribution in [0.3, 0.4) is 0 Å². The van der Waals surface area contributed by atoms with E-state index >= 15 is 0 Å². The number of fused-ring (bicyclic) bond motifs is 1. The number of aryl methyl sites for hydroxylation is 1. The molecule has 0 fully saturated rings. The lowest BCUT2D eigenvalue weighted by molar-refractivity contribution is 0.472. The second kappa shape index (κ2) is 3.63. The van der Waals surface area contributed by atoms with E-state index < -0.39 is 0 Å². The topological polar surface area (TPSA) is 46.3 Å². The van der Waals surface area contributed by atoms with Gasteiger partial charge in [0.1, 0.15) is 11.5 Å². The number of hydrogen-bond acceptors (Lipinski definition) is 3. The third-order valence-electron chi connectivity index (χ3n) is 2.74. The van der Waals surface area contributed by atoms with Crippen LogP contribution in [0.5, 0.6) is 5.75 Å². The Kier molecular flexibility index (Phi) is 2.11. The van der Waals surface area contributed by atoms with E-state index in [1.165, 1.54) is 0 Å². The Bertz CT molecular complexity index is 686. The number of phenolic OH excluding ortho intramolecular Hbond substituents is 1. The van der Waals surface area contributed by atoms with Gasteiger partial charge >= 0.3 is 0 Å². The minimum atomic E-state index is 0.186. The average Bonchev–Trinajstić information content (AvgIpc) is 2.75. The van der Waals surface area contributed by atoms with Crippen LogP contribution in [0.25, 0.3) is 22.2 Å². The monoisotopic (exact) mass is 225 g/mol. The van der Waals surface area contributed by atoms with Crippen LogP contribution in [0.15, 0.2) is 47.0 Å². The molecule has 0 aliphatic heterocycles. The SMILES string of the molecule is Cc1cnc(-c2c(O)ccc3ccccc23)o1. The molecular formula is C14H11NO2. The van der Waals surface area contributed by atoms with Gasteiger partial charge in [-0.25, -0.2) is 4.98 Å². The van der Waals surface area contributed by atoms with E-state index in [0.29, 0.717) is 11.5 Å². The van der Waals surface area contributed by atoms with Crippen LogP contribution in [0.4, 0.5) is 0 Å². The van der Waals surface area contributed by atoms with E-state index in [0.717, 1.165) is 16.5 Å². The van der Waals surface area contributed by atoms with E-state index in [-0.39, 0.29) is 5.75 Å². The summed E-state index contributed by atoms with van der Waals surface area (Å²) in [6, 6.07) is 11.4. The Morgan fingerprint density at radius 1 is 1.12 bits per heavy atom. The summed E-state index contributed by atoms with van der Waals surface area (Å²) in [6.45, 7) is 1.83. The van der Waals surface area contributed by atoms with Gasteiger partial charge in [-0.3, -0.25) is 0 Å². The van der Waals surface area contributed by atoms with Crippen molar-refractivity contribution in [3.8, 4) is 17.2 Å². The van der Waals surface area contributed by atoms with Crippen molar-refractivity contribution in [2.45, 2.75) is 6.92 Å². The first-order valence-corrected chi connectivity index (χ1v) is 5.39. The van der Waals surface area contributed by atoms with Crippen molar-refractivity contribution in [3.63, 3.8) is 0 Å². The van der Waals surface area contributed by atoms with Crippen LogP contribution in [0.1, 0.15) is 5.76 Å². The zero-order valence-corrected chi connectivity index (χ0v) is 9.34. The fraction of sp³-hybridized carbons (Fsp3) is 0.0714. The van der Waals surface area contributed by atoms with Gasteiger partial charge in [-0.05, 0) is 23.8 Å². The van der Waals surface area contributed by atoms with E-state index in [1.807, 2.05) is 37.3 Å². The van der Waals surface area contributed by atoms with Crippen molar-refractivity contribution >= 4 is 10.8 Å². The van der Waals surface area contributed by atoms with Gasteiger partial charge in [-0.1, -0.05) is 30.3 Å². The van der Waals surface area contributed by atoms with Gasteiger partial charge in [0, 0.05) is 0 Å². The number of aromatic hydroxyl groups is 1. The maximum absolute atomic E-state index is 9.97. The van der Waals surface area contributed by atoms with Crippen LogP contribution >= 0.6 is 0 Å². The lowest BCUT2D eigenvalue weighted by atomic mass is 10.0. The van der Waals surface area contributed by atoms with Crippen LogP contribution in [-0.2, 0) is 0 Å². The van der Waals surface area contributed by atoms with Gasteiger partial charge in [0.25, 0.3) is 0 Å². The molecule has 0 saturated carbocycles. The molecule has 1 heterocycles. The highest BCUT2D eigenvalue weighted by Gasteiger charge is 2.13. The van der Waals surface area contributed by atoms with E-state index in [9.17, 15) is 5.11 Å². The summed E-state index contributed by atoms with van der Waals surface area (Å²) in [6.07, 6.45) is 1.65. The molecule has 0 spiro atoms. The summed E-state index contributed by atoms with van der Waals surface area (Å²) in [5, 5.41) is 12.0. The summed E-state index contributed by atoms with van der Waals surface area (Å²) in [5.41, 5.74) is 0.649. The van der Waals surface area contributed by atoms with Gasteiger partial charge in [0.05, 0.1) is 11.8 Å². The number of phenols is 1. The molecule has 3 heteroatoms. The molecule has 0 unspecified atom stereocenters. The molecule has 3 nitrogen and oxygen atoms in total. The Balaban J connectivity index is 2.38. The number of benzene rings is 2. The Morgan fingerprint density at radius 2 is 1.94 bits per heavy atom. The molecule has 1 N–H and O–H groups in total. The predicted molar refractivity (Wildman–Crippen MR) is 65.8 cm³/mol. The first kappa shape index (κ1) is 9.90. The van der Waals surface area contributed by atoms with Crippen molar-refractivity contribution in [1.82, 2.24) is 4.98 Å². The largest absolute Gasteiger partial charge is 0.507 e. The number of rotatable bonds is 1. The second-order valence-electron chi connectivity index (χ2n) is 3.96. The van der Waals surface area contributed by atoms with Crippen LogP contribution in [0.2, 0.25) is 0 Å². The van der Waals surface area contributed by atoms with E-state index in [2.05, 4.69) is 4.98 Å². The summed E-state index contributed by atoms with van der Waals surface area (Å²) in [4.78, 5) is 4.17. The summed E-state index contributed by atoms with van der Waals surface area (Å²) in [5.74, 6) is 1.37. The molecule has 0 bridgehead atoms. The number of aromatic nitrogens is 1. The molecule has 0 aliphatic carbocycles. The van der Waals surface area contributed by atoms with Crippen molar-refractivity contribution in [2.75, 3.05) is 0 Å². The zero-order valence-electron chi connectivity index (χ0n) is 9.34.